The first-order chi connectivity index (χ1) is 10.6. The summed E-state index contributed by atoms with van der Waals surface area (Å²) >= 11 is 0. The van der Waals surface area contributed by atoms with Gasteiger partial charge in [-0.25, -0.2) is 0 Å². The van der Waals surface area contributed by atoms with E-state index in [1.54, 1.807) is 14.0 Å². The molecule has 0 aliphatic heterocycles. The van der Waals surface area contributed by atoms with Crippen molar-refractivity contribution in [1.29, 1.82) is 0 Å². The fraction of sp³-hybridized carbons (Fsp3) is 0.889. The number of carbonyl (C=O) groups is 2. The Bertz CT molecular complexity index is 363. The molecule has 2 aliphatic carbocycles. The van der Waals surface area contributed by atoms with Crippen LogP contribution >= 0.6 is 0 Å². The van der Waals surface area contributed by atoms with E-state index in [4.69, 9.17) is 9.47 Å². The molecule has 0 unspecified atom stereocenters. The second-order valence-electron chi connectivity index (χ2n) is 7.13. The minimum absolute atomic E-state index is 0.0143. The molecule has 0 bridgehead atoms. The third-order valence-electron chi connectivity index (χ3n) is 5.47. The zero-order chi connectivity index (χ0) is 15.9. The summed E-state index contributed by atoms with van der Waals surface area (Å²) in [7, 11) is 1.76. The topological polar surface area (TPSA) is 52.6 Å². The third-order valence-corrected chi connectivity index (χ3v) is 5.47. The quantitative estimate of drug-likeness (QED) is 0.706. The summed E-state index contributed by atoms with van der Waals surface area (Å²) in [5.74, 6) is 1.60. The van der Waals surface area contributed by atoms with Gasteiger partial charge in [0.2, 0.25) is 0 Å². The van der Waals surface area contributed by atoms with E-state index >= 15 is 0 Å². The molecule has 0 spiro atoms. The highest BCUT2D eigenvalue weighted by Crippen LogP contribution is 2.32. The lowest BCUT2D eigenvalue weighted by atomic mass is 9.80. The molecule has 22 heavy (non-hydrogen) atoms. The average molecular weight is 310 g/mol. The molecule has 0 heterocycles. The molecule has 4 nitrogen and oxygen atoms in total. The number of methoxy groups -OCH3 is 1. The Balaban J connectivity index is 1.63. The van der Waals surface area contributed by atoms with Gasteiger partial charge >= 0.3 is 5.97 Å². The maximum atomic E-state index is 12.2. The van der Waals surface area contributed by atoms with Crippen LogP contribution in [0.25, 0.3) is 0 Å². The summed E-state index contributed by atoms with van der Waals surface area (Å²) in [5, 5.41) is 0. The van der Waals surface area contributed by atoms with E-state index in [0.717, 1.165) is 45.1 Å². The normalized spacial score (nSPS) is 32.5. The van der Waals surface area contributed by atoms with Crippen molar-refractivity contribution < 1.29 is 19.1 Å². The third kappa shape index (κ3) is 5.08. The SMILES string of the molecule is COCC1CCC(COC(=O)C2CCC(C(C)=O)CC2)CC1. The zero-order valence-electron chi connectivity index (χ0n) is 14.0. The monoisotopic (exact) mass is 310 g/mol. The smallest absolute Gasteiger partial charge is 0.308 e. The van der Waals surface area contributed by atoms with Gasteiger partial charge in [0.1, 0.15) is 5.78 Å². The van der Waals surface area contributed by atoms with Gasteiger partial charge in [-0.3, -0.25) is 9.59 Å². The van der Waals surface area contributed by atoms with Crippen LogP contribution in [0.2, 0.25) is 0 Å². The molecule has 0 amide bonds. The van der Waals surface area contributed by atoms with E-state index in [1.165, 1.54) is 12.8 Å². The molecule has 2 saturated carbocycles. The Labute approximate surface area is 133 Å². The molecule has 2 rings (SSSR count). The lowest BCUT2D eigenvalue weighted by Gasteiger charge is -2.29. The minimum atomic E-state index is -0.0407. The summed E-state index contributed by atoms with van der Waals surface area (Å²) < 4.78 is 10.8. The number of carbonyl (C=O) groups excluding carboxylic acids is 2. The first-order valence-electron chi connectivity index (χ1n) is 8.76. The van der Waals surface area contributed by atoms with Gasteiger partial charge < -0.3 is 9.47 Å². The second-order valence-corrected chi connectivity index (χ2v) is 7.13. The van der Waals surface area contributed by atoms with Crippen LogP contribution in [0, 0.1) is 23.7 Å². The lowest BCUT2D eigenvalue weighted by Crippen LogP contribution is -2.28. The van der Waals surface area contributed by atoms with E-state index < -0.39 is 0 Å². The number of hydrogen-bond donors (Lipinski definition) is 0. The molecule has 0 aromatic rings. The first-order valence-corrected chi connectivity index (χ1v) is 8.76. The Hall–Kier alpha value is -0.900. The Morgan fingerprint density at radius 3 is 1.82 bits per heavy atom. The van der Waals surface area contributed by atoms with Gasteiger partial charge in [-0.1, -0.05) is 0 Å². The largest absolute Gasteiger partial charge is 0.465 e. The van der Waals surface area contributed by atoms with Crippen molar-refractivity contribution in [3.05, 3.63) is 0 Å². The van der Waals surface area contributed by atoms with Gasteiger partial charge in [-0.05, 0) is 70.1 Å². The average Bonchev–Trinajstić information content (AvgIpc) is 2.54. The molecule has 126 valence electrons. The van der Waals surface area contributed by atoms with Crippen LogP contribution in [0.1, 0.15) is 58.3 Å². The number of esters is 1. The highest BCUT2D eigenvalue weighted by atomic mass is 16.5. The summed E-state index contributed by atoms with van der Waals surface area (Å²) in [6.45, 7) is 3.08. The van der Waals surface area contributed by atoms with E-state index in [-0.39, 0.29) is 23.6 Å². The summed E-state index contributed by atoms with van der Waals surface area (Å²) in [6.07, 6.45) is 7.94. The van der Waals surface area contributed by atoms with Gasteiger partial charge in [0.25, 0.3) is 0 Å². The Morgan fingerprint density at radius 2 is 1.32 bits per heavy atom. The highest BCUT2D eigenvalue weighted by Gasteiger charge is 2.30. The van der Waals surface area contributed by atoms with Crippen molar-refractivity contribution in [2.45, 2.75) is 58.3 Å². The molecule has 0 radical (unpaired) electrons. The number of Topliss-reactive ketones (excluding diaryl/α,β-unsaturated/α-hetero) is 1. The predicted molar refractivity (Wildman–Crippen MR) is 84.4 cm³/mol. The van der Waals surface area contributed by atoms with Crippen molar-refractivity contribution >= 4 is 11.8 Å². The van der Waals surface area contributed by atoms with E-state index in [1.807, 2.05) is 0 Å². The van der Waals surface area contributed by atoms with Crippen LogP contribution in [-0.4, -0.2) is 32.1 Å². The predicted octanol–water partition coefficient (Wildman–Crippen LogP) is 3.38. The van der Waals surface area contributed by atoms with E-state index in [0.29, 0.717) is 18.4 Å². The number of rotatable bonds is 6. The fourth-order valence-electron chi connectivity index (χ4n) is 3.85. The van der Waals surface area contributed by atoms with Crippen LogP contribution in [0.3, 0.4) is 0 Å². The van der Waals surface area contributed by atoms with Gasteiger partial charge in [-0.15, -0.1) is 0 Å². The fourth-order valence-corrected chi connectivity index (χ4v) is 3.85. The molecule has 4 heteroatoms. The van der Waals surface area contributed by atoms with Gasteiger partial charge in [0.05, 0.1) is 12.5 Å². The molecule has 0 atom stereocenters. The lowest BCUT2D eigenvalue weighted by molar-refractivity contribution is -0.152. The van der Waals surface area contributed by atoms with Gasteiger partial charge in [0.15, 0.2) is 0 Å². The summed E-state index contributed by atoms with van der Waals surface area (Å²) in [4.78, 5) is 23.5. The van der Waals surface area contributed by atoms with Gasteiger partial charge in [-0.2, -0.15) is 0 Å². The summed E-state index contributed by atoms with van der Waals surface area (Å²) in [5.41, 5.74) is 0. The zero-order valence-corrected chi connectivity index (χ0v) is 14.0. The second kappa shape index (κ2) is 8.66. The van der Waals surface area contributed by atoms with E-state index in [9.17, 15) is 9.59 Å². The molecule has 0 saturated heterocycles. The molecule has 2 aliphatic rings. The summed E-state index contributed by atoms with van der Waals surface area (Å²) in [6, 6.07) is 0. The van der Waals surface area contributed by atoms with Crippen molar-refractivity contribution in [2.75, 3.05) is 20.3 Å². The molecular formula is C18H30O4. The molecule has 0 aromatic carbocycles. The maximum absolute atomic E-state index is 12.2. The number of hydrogen-bond acceptors (Lipinski definition) is 4. The van der Waals surface area contributed by atoms with Crippen LogP contribution < -0.4 is 0 Å². The first kappa shape index (κ1) is 17.5. The number of ether oxygens (including phenoxy) is 2. The van der Waals surface area contributed by atoms with Crippen molar-refractivity contribution in [2.24, 2.45) is 23.7 Å². The molecule has 2 fully saturated rings. The number of ketones is 1. The van der Waals surface area contributed by atoms with Crippen LogP contribution in [0.15, 0.2) is 0 Å². The van der Waals surface area contributed by atoms with Crippen LogP contribution in [0.5, 0.6) is 0 Å². The van der Waals surface area contributed by atoms with Crippen LogP contribution in [-0.2, 0) is 19.1 Å². The minimum Gasteiger partial charge on any atom is -0.465 e. The van der Waals surface area contributed by atoms with Crippen LogP contribution in [0.4, 0.5) is 0 Å². The standard InChI is InChI=1S/C18H30O4/c1-13(19)16-7-9-17(10-8-16)18(20)22-12-15-5-3-14(4-6-15)11-21-2/h14-17H,3-12H2,1-2H3. The Morgan fingerprint density at radius 1 is 0.818 bits per heavy atom. The maximum Gasteiger partial charge on any atom is 0.308 e. The van der Waals surface area contributed by atoms with Gasteiger partial charge in [0, 0.05) is 19.6 Å². The molecule has 0 aromatic heterocycles. The highest BCUT2D eigenvalue weighted by molar-refractivity contribution is 5.79. The van der Waals surface area contributed by atoms with Crippen molar-refractivity contribution in [3.8, 4) is 0 Å². The van der Waals surface area contributed by atoms with E-state index in [2.05, 4.69) is 0 Å². The van der Waals surface area contributed by atoms with Crippen molar-refractivity contribution in [1.82, 2.24) is 0 Å². The Kier molecular flexibility index (Phi) is 6.87. The van der Waals surface area contributed by atoms with Crippen molar-refractivity contribution in [3.63, 3.8) is 0 Å². The molecular weight excluding hydrogens is 280 g/mol. The molecule has 0 N–H and O–H groups in total.